The number of aliphatic hydroxyl groups excluding tert-OH is 1. The zero-order chi connectivity index (χ0) is 86.1. The molecular formula is C69H101N17O28. The van der Waals surface area contributed by atoms with E-state index in [1.165, 1.54) is 13.8 Å². The number of aliphatic hydroxyl groups is 1. The van der Waals surface area contributed by atoms with Crippen LogP contribution < -0.4 is 81.0 Å². The van der Waals surface area contributed by atoms with Crippen LogP contribution in [0.5, 0.6) is 0 Å². The number of nitrogens with two attached hydrogens (primary N) is 3. The van der Waals surface area contributed by atoms with E-state index in [1.807, 2.05) is 31.9 Å². The number of carboxylic acid groups (broad SMARTS) is 4. The summed E-state index contributed by atoms with van der Waals surface area (Å²) in [6.07, 6.45) is -9.33. The molecule has 0 aliphatic carbocycles. The van der Waals surface area contributed by atoms with Gasteiger partial charge in [-0.1, -0.05) is 71.6 Å². The molecule has 2 heterocycles. The van der Waals surface area contributed by atoms with E-state index in [-0.39, 0.29) is 12.8 Å². The molecule has 1 aliphatic rings. The van der Waals surface area contributed by atoms with Crippen LogP contribution in [0.15, 0.2) is 30.5 Å². The first-order valence-corrected chi connectivity index (χ1v) is 35.9. The van der Waals surface area contributed by atoms with Crippen molar-refractivity contribution >= 4 is 135 Å². The lowest BCUT2D eigenvalue weighted by Crippen LogP contribution is -2.64. The number of hydrogen-bond donors (Lipinski definition) is 21. The van der Waals surface area contributed by atoms with Crippen molar-refractivity contribution in [3.63, 3.8) is 0 Å². The predicted molar refractivity (Wildman–Crippen MR) is 390 cm³/mol. The highest BCUT2D eigenvalue weighted by molar-refractivity contribution is 6.03. The van der Waals surface area contributed by atoms with Crippen LogP contribution in [0.3, 0.4) is 0 Å². The van der Waals surface area contributed by atoms with Crippen LogP contribution >= 0.6 is 0 Å². The fourth-order valence-electron chi connectivity index (χ4n) is 11.3. The second-order valence-electron chi connectivity index (χ2n) is 27.6. The molecular weight excluding hydrogens is 1510 g/mol. The molecule has 45 heteroatoms. The van der Waals surface area contributed by atoms with Gasteiger partial charge in [0.15, 0.2) is 12.2 Å². The largest absolute Gasteiger partial charge is 0.481 e. The van der Waals surface area contributed by atoms with Gasteiger partial charge >= 0.3 is 29.8 Å². The third kappa shape index (κ3) is 32.1. The molecule has 1 aliphatic heterocycles. The lowest BCUT2D eigenvalue weighted by atomic mass is 10.0. The summed E-state index contributed by atoms with van der Waals surface area (Å²) in [6.45, 7) is 6.12. The number of rotatable bonds is 34. The Kier molecular flexibility index (Phi) is 39.0. The molecule has 114 heavy (non-hydrogen) atoms. The number of esters is 1. The number of carbonyl (C=O) groups is 21. The zero-order valence-corrected chi connectivity index (χ0v) is 63.7. The molecule has 1 aromatic heterocycles. The number of nitrogens with one attached hydrogen (secondary N) is 13. The number of amides is 16. The molecule has 3 rings (SSSR count). The third-order valence-corrected chi connectivity index (χ3v) is 17.4. The van der Waals surface area contributed by atoms with Gasteiger partial charge in [-0.2, -0.15) is 0 Å². The second kappa shape index (κ2) is 46.4. The van der Waals surface area contributed by atoms with Gasteiger partial charge in [0.1, 0.15) is 72.6 Å². The standard InChI is InChI=1S/C69H101N17O28/c1-30(2)15-11-9-10-12-18-45(89)76-39(23-34-27-73-36-17-14-13-16-35(34)36)61(103)78-38(20-22-49(94)95)60(102)84-53(55(98)57(72)99)66(108)83-52-33(6)114-69(112)51(31(3)4)82-59(101)37(19-21-48(92)93)79-62(104)40(24-43(70)87)77-46(90)28-74-65(107)54(56(113-8)68(110)111)85-64(106)41(25-44(71)88)81-63(105)42(26-50(96)97)80-58(100)32(5)75-47(91)29-86(7)67(52)109/h13-14,16-17,27,30-33,37-42,51-56,73,98H,9-12,15,18-26,28-29H2,1-8H3,(H2,70,87)(H2,71,88)(H2,72,99)(H,74,107)(H,75,91)(H,76,89)(H,77,90)(H,78,103)(H,79,104)(H,80,100)(H,81,105)(H,82,101)(H,83,108)(H,84,102)(H,85,106)(H,92,93)(H,94,95)(H,96,97)(H,110,111). The lowest BCUT2D eigenvalue weighted by molar-refractivity contribution is -0.159. The van der Waals surface area contributed by atoms with E-state index in [4.69, 9.17) is 26.7 Å². The molecule has 45 nitrogen and oxygen atoms in total. The molecule has 14 atom stereocenters. The smallest absolute Gasteiger partial charge is 0.335 e. The number of unbranched alkanes of at least 4 members (excludes halogenated alkanes) is 3. The summed E-state index contributed by atoms with van der Waals surface area (Å²) < 4.78 is 10.5. The van der Waals surface area contributed by atoms with E-state index in [1.54, 1.807) is 30.5 Å². The van der Waals surface area contributed by atoms with Gasteiger partial charge in [0.05, 0.1) is 32.4 Å². The average molecular weight is 1620 g/mol. The van der Waals surface area contributed by atoms with Crippen LogP contribution in [-0.2, 0) is 117 Å². The number of methoxy groups -OCH3 is 1. The highest BCUT2D eigenvalue weighted by Crippen LogP contribution is 2.21. The van der Waals surface area contributed by atoms with Gasteiger partial charge in [-0.05, 0) is 56.6 Å². The number of fused-ring (bicyclic) bond motifs is 1. The molecule has 0 bridgehead atoms. The number of carbonyl (C=O) groups excluding carboxylic acids is 17. The number of aromatic nitrogens is 1. The van der Waals surface area contributed by atoms with Crippen molar-refractivity contribution in [1.82, 2.24) is 73.7 Å². The van der Waals surface area contributed by atoms with E-state index >= 15 is 0 Å². The van der Waals surface area contributed by atoms with Gasteiger partial charge < -0.3 is 126 Å². The van der Waals surface area contributed by atoms with Crippen molar-refractivity contribution in [1.29, 1.82) is 0 Å². The van der Waals surface area contributed by atoms with Crippen molar-refractivity contribution in [2.45, 2.75) is 216 Å². The molecule has 24 N–H and O–H groups in total. The Morgan fingerprint density at radius 2 is 1.15 bits per heavy atom. The Morgan fingerprint density at radius 3 is 1.72 bits per heavy atom. The van der Waals surface area contributed by atoms with Crippen molar-refractivity contribution in [2.75, 3.05) is 27.2 Å². The maximum atomic E-state index is 14.9. The SMILES string of the molecule is COC(C(=O)O)C1NC(=O)C(CC(N)=O)NC(=O)C(CC(=O)O)NC(=O)C(C)NC(=O)CN(C)C(=O)C(NC(=O)C(NC(=O)C(CCC(=O)O)NC(=O)C(Cc2c[nH]c3ccccc23)NC(=O)CCCCCCC(C)C)C(O)C(N)=O)C(C)OC(=O)C(C(C)C)NC(=O)C(CCC(=O)O)NC(=O)C(CC(N)=O)NC(=O)CNC1=O. The molecule has 2 aromatic rings. The Hall–Kier alpha value is -12.4. The van der Waals surface area contributed by atoms with Crippen molar-refractivity contribution in [3.05, 3.63) is 36.0 Å². The summed E-state index contributed by atoms with van der Waals surface area (Å²) in [7, 11) is 1.60. The Balaban J connectivity index is 2.26. The average Bonchev–Trinajstić information content (AvgIpc) is 1.23. The van der Waals surface area contributed by atoms with Gasteiger partial charge in [0.25, 0.3) is 0 Å². The van der Waals surface area contributed by atoms with E-state index < -0.39 is 273 Å². The van der Waals surface area contributed by atoms with E-state index in [0.29, 0.717) is 40.1 Å². The number of benzene rings is 1. The van der Waals surface area contributed by atoms with Crippen LogP contribution in [0.4, 0.5) is 0 Å². The third-order valence-electron chi connectivity index (χ3n) is 17.4. The summed E-state index contributed by atoms with van der Waals surface area (Å²) in [5, 5.41) is 76.7. The van der Waals surface area contributed by atoms with Crippen LogP contribution in [-0.4, -0.2) is 272 Å². The van der Waals surface area contributed by atoms with Gasteiger partial charge in [-0.25, -0.2) is 9.59 Å². The van der Waals surface area contributed by atoms with E-state index in [0.717, 1.165) is 47.3 Å². The minimum atomic E-state index is -2.82. The molecule has 1 saturated heterocycles. The first-order chi connectivity index (χ1) is 53.3. The van der Waals surface area contributed by atoms with Gasteiger partial charge in [0, 0.05) is 56.9 Å². The first-order valence-electron chi connectivity index (χ1n) is 35.9. The Morgan fingerprint density at radius 1 is 0.596 bits per heavy atom. The normalized spacial score (nSPS) is 21.7. The predicted octanol–water partition coefficient (Wildman–Crippen LogP) is -7.86. The fourth-order valence-corrected chi connectivity index (χ4v) is 11.3. The summed E-state index contributed by atoms with van der Waals surface area (Å²) in [4.78, 5) is 287. The number of aliphatic carboxylic acids is 4. The molecule has 0 saturated carbocycles. The van der Waals surface area contributed by atoms with Crippen LogP contribution in [0, 0.1) is 11.8 Å². The van der Waals surface area contributed by atoms with Crippen molar-refractivity contribution < 1.29 is 136 Å². The molecule has 0 radical (unpaired) electrons. The van der Waals surface area contributed by atoms with Gasteiger partial charge in [-0.15, -0.1) is 0 Å². The number of ether oxygens (including phenoxy) is 2. The Labute approximate surface area is 651 Å². The summed E-state index contributed by atoms with van der Waals surface area (Å²) in [5.41, 5.74) is 17.3. The van der Waals surface area contributed by atoms with E-state index in [2.05, 4.69) is 50.7 Å². The number of likely N-dealkylation sites (N-methyl/N-ethyl adjacent to an activating group) is 1. The topological polar surface area (TPSA) is 720 Å². The highest BCUT2D eigenvalue weighted by atomic mass is 16.5. The van der Waals surface area contributed by atoms with Gasteiger partial charge in [-0.3, -0.25) is 91.1 Å². The lowest BCUT2D eigenvalue weighted by Gasteiger charge is -2.32. The van der Waals surface area contributed by atoms with Crippen LogP contribution in [0.25, 0.3) is 10.9 Å². The maximum absolute atomic E-state index is 14.9. The molecule has 0 spiro atoms. The summed E-state index contributed by atoms with van der Waals surface area (Å²) in [6, 6.07) is -16.6. The number of aromatic amines is 1. The Bertz CT molecular complexity index is 3890. The number of hydrogen-bond acceptors (Lipinski definition) is 24. The number of cyclic esters (lactones) is 1. The van der Waals surface area contributed by atoms with Crippen molar-refractivity contribution in [3.8, 4) is 0 Å². The minimum absolute atomic E-state index is 0.0356. The van der Waals surface area contributed by atoms with E-state index in [9.17, 15) is 126 Å². The molecule has 16 amide bonds. The second-order valence-corrected chi connectivity index (χ2v) is 27.6. The molecule has 14 unspecified atom stereocenters. The minimum Gasteiger partial charge on any atom is -0.481 e. The van der Waals surface area contributed by atoms with Gasteiger partial charge in [0.2, 0.25) is 94.5 Å². The highest BCUT2D eigenvalue weighted by Gasteiger charge is 2.44. The van der Waals surface area contributed by atoms with Crippen LogP contribution in [0.2, 0.25) is 0 Å². The molecule has 630 valence electrons. The number of para-hydroxylation sites is 1. The fraction of sp³-hybridized carbons (Fsp3) is 0.580. The van der Waals surface area contributed by atoms with Crippen LogP contribution in [0.1, 0.15) is 131 Å². The first kappa shape index (κ1) is 95.8. The number of H-pyrrole nitrogens is 1. The van der Waals surface area contributed by atoms with Crippen molar-refractivity contribution in [2.24, 2.45) is 29.0 Å². The molecule has 1 aromatic carbocycles. The molecule has 1 fully saturated rings. The zero-order valence-electron chi connectivity index (χ0n) is 63.7. The quantitative estimate of drug-likeness (QED) is 0.0229. The number of nitrogens with zero attached hydrogens (tertiary/aromatic N) is 1. The summed E-state index contributed by atoms with van der Waals surface area (Å²) in [5.74, 6) is -31.7. The summed E-state index contributed by atoms with van der Waals surface area (Å²) >= 11 is 0. The number of carboxylic acids is 4. The number of primary amides is 3. The monoisotopic (exact) mass is 1620 g/mol. The maximum Gasteiger partial charge on any atom is 0.335 e.